The highest BCUT2D eigenvalue weighted by molar-refractivity contribution is 5.90. The van der Waals surface area contributed by atoms with E-state index >= 15 is 0 Å². The van der Waals surface area contributed by atoms with Gasteiger partial charge in [-0.2, -0.15) is 0 Å². The van der Waals surface area contributed by atoms with E-state index in [1.54, 1.807) is 11.2 Å². The summed E-state index contributed by atoms with van der Waals surface area (Å²) in [4.78, 5) is 32.5. The second kappa shape index (κ2) is 7.10. The first-order valence-corrected chi connectivity index (χ1v) is 9.38. The fraction of sp³-hybridized carbons (Fsp3) is 0.400. The first kappa shape index (κ1) is 18.2. The van der Waals surface area contributed by atoms with E-state index in [1.165, 1.54) is 0 Å². The van der Waals surface area contributed by atoms with Crippen LogP contribution in [0, 0.1) is 0 Å². The second-order valence-corrected chi connectivity index (χ2v) is 7.82. The minimum Gasteiger partial charge on any atom is -0.444 e. The third-order valence-corrected chi connectivity index (χ3v) is 4.63. The molecule has 1 aliphatic rings. The van der Waals surface area contributed by atoms with Crippen molar-refractivity contribution in [3.05, 3.63) is 36.9 Å². The van der Waals surface area contributed by atoms with Crippen molar-refractivity contribution in [3.63, 3.8) is 0 Å². The van der Waals surface area contributed by atoms with Gasteiger partial charge in [0.05, 0.1) is 5.69 Å². The van der Waals surface area contributed by atoms with E-state index < -0.39 is 5.60 Å². The Labute approximate surface area is 163 Å². The van der Waals surface area contributed by atoms with Gasteiger partial charge in [-0.25, -0.2) is 19.7 Å². The minimum atomic E-state index is -0.475. The molecule has 4 rings (SSSR count). The molecule has 8 heteroatoms. The van der Waals surface area contributed by atoms with Crippen molar-refractivity contribution in [2.75, 3.05) is 31.1 Å². The van der Waals surface area contributed by atoms with Crippen molar-refractivity contribution in [2.45, 2.75) is 26.4 Å². The fourth-order valence-corrected chi connectivity index (χ4v) is 3.26. The van der Waals surface area contributed by atoms with Crippen LogP contribution in [0.1, 0.15) is 20.8 Å². The van der Waals surface area contributed by atoms with Crippen LogP contribution in [0.15, 0.2) is 36.9 Å². The van der Waals surface area contributed by atoms with Gasteiger partial charge >= 0.3 is 6.09 Å². The number of carbonyl (C=O) groups is 1. The van der Waals surface area contributed by atoms with E-state index in [0.717, 1.165) is 41.2 Å². The van der Waals surface area contributed by atoms with Crippen molar-refractivity contribution in [2.24, 2.45) is 0 Å². The monoisotopic (exact) mass is 380 g/mol. The third-order valence-electron chi connectivity index (χ3n) is 4.63. The lowest BCUT2D eigenvalue weighted by atomic mass is 10.1. The minimum absolute atomic E-state index is 0.255. The van der Waals surface area contributed by atoms with Gasteiger partial charge in [0.2, 0.25) is 0 Å². The smallest absolute Gasteiger partial charge is 0.410 e. The second-order valence-electron chi connectivity index (χ2n) is 7.82. The first-order chi connectivity index (χ1) is 13.4. The highest BCUT2D eigenvalue weighted by Crippen LogP contribution is 2.25. The average Bonchev–Trinajstić information content (AvgIpc) is 3.16. The Morgan fingerprint density at radius 3 is 2.54 bits per heavy atom. The van der Waals surface area contributed by atoms with E-state index in [2.05, 4.69) is 24.8 Å². The number of H-pyrrole nitrogens is 1. The van der Waals surface area contributed by atoms with E-state index in [4.69, 9.17) is 4.74 Å². The van der Waals surface area contributed by atoms with Gasteiger partial charge in [0.15, 0.2) is 0 Å². The van der Waals surface area contributed by atoms with Gasteiger partial charge in [0.25, 0.3) is 0 Å². The summed E-state index contributed by atoms with van der Waals surface area (Å²) in [7, 11) is 0. The number of ether oxygens (including phenoxy) is 1. The molecule has 1 aliphatic heterocycles. The van der Waals surface area contributed by atoms with E-state index in [1.807, 2.05) is 51.4 Å². The van der Waals surface area contributed by atoms with Gasteiger partial charge in [0, 0.05) is 49.5 Å². The number of aromatic nitrogens is 4. The molecule has 0 saturated carbocycles. The SMILES string of the molecule is CC(C)(C)OC(=O)N1CCN(c2ccc(-c3ncnc4[nH]ccc34)cn2)CC1. The Morgan fingerprint density at radius 2 is 1.86 bits per heavy atom. The van der Waals surface area contributed by atoms with E-state index in [0.29, 0.717) is 13.1 Å². The van der Waals surface area contributed by atoms with Crippen LogP contribution < -0.4 is 4.90 Å². The van der Waals surface area contributed by atoms with E-state index in [9.17, 15) is 4.79 Å². The number of fused-ring (bicyclic) bond motifs is 1. The van der Waals surface area contributed by atoms with Crippen molar-refractivity contribution in [3.8, 4) is 11.3 Å². The Kier molecular flexibility index (Phi) is 4.62. The molecule has 0 aliphatic carbocycles. The molecule has 1 saturated heterocycles. The molecule has 1 N–H and O–H groups in total. The molecule has 0 spiro atoms. The highest BCUT2D eigenvalue weighted by atomic mass is 16.6. The van der Waals surface area contributed by atoms with E-state index in [-0.39, 0.29) is 6.09 Å². The molecule has 146 valence electrons. The average molecular weight is 380 g/mol. The summed E-state index contributed by atoms with van der Waals surface area (Å²) in [6, 6.07) is 5.99. The molecule has 1 amide bonds. The molecule has 3 aromatic rings. The maximum Gasteiger partial charge on any atom is 0.410 e. The first-order valence-electron chi connectivity index (χ1n) is 9.38. The Morgan fingerprint density at radius 1 is 1.07 bits per heavy atom. The predicted molar refractivity (Wildman–Crippen MR) is 107 cm³/mol. The normalized spacial score (nSPS) is 15.1. The number of hydrogen-bond donors (Lipinski definition) is 1. The largest absolute Gasteiger partial charge is 0.444 e. The van der Waals surface area contributed by atoms with Gasteiger partial charge in [0.1, 0.15) is 23.4 Å². The van der Waals surface area contributed by atoms with Crippen LogP contribution in [-0.2, 0) is 4.74 Å². The summed E-state index contributed by atoms with van der Waals surface area (Å²) in [6.07, 6.45) is 4.99. The molecule has 0 unspecified atom stereocenters. The number of carbonyl (C=O) groups excluding carboxylic acids is 1. The maximum atomic E-state index is 12.2. The number of nitrogens with one attached hydrogen (secondary N) is 1. The van der Waals surface area contributed by atoms with Crippen LogP contribution in [0.2, 0.25) is 0 Å². The summed E-state index contributed by atoms with van der Waals surface area (Å²) >= 11 is 0. The Balaban J connectivity index is 1.43. The zero-order valence-corrected chi connectivity index (χ0v) is 16.3. The lowest BCUT2D eigenvalue weighted by molar-refractivity contribution is 0.0240. The molecular formula is C20H24N6O2. The Hall–Kier alpha value is -3.16. The molecule has 0 atom stereocenters. The van der Waals surface area contributed by atoms with Crippen LogP contribution in [0.3, 0.4) is 0 Å². The molecule has 0 bridgehead atoms. The van der Waals surface area contributed by atoms with Gasteiger partial charge in [-0.1, -0.05) is 0 Å². The summed E-state index contributed by atoms with van der Waals surface area (Å²) in [5, 5.41) is 0.975. The van der Waals surface area contributed by atoms with Crippen LogP contribution in [0.25, 0.3) is 22.3 Å². The third kappa shape index (κ3) is 3.76. The lowest BCUT2D eigenvalue weighted by Crippen LogP contribution is -2.50. The quantitative estimate of drug-likeness (QED) is 0.735. The van der Waals surface area contributed by atoms with Gasteiger partial charge in [-0.3, -0.25) is 0 Å². The standard InChI is InChI=1S/C20H24N6O2/c1-20(2,3)28-19(27)26-10-8-25(9-11-26)16-5-4-14(12-22-16)17-15-6-7-21-18(15)24-13-23-17/h4-7,12-13H,8-11H2,1-3H3,(H,21,23,24). The number of rotatable bonds is 2. The summed E-state index contributed by atoms with van der Waals surface area (Å²) in [5.74, 6) is 0.895. The molecular weight excluding hydrogens is 356 g/mol. The molecule has 28 heavy (non-hydrogen) atoms. The number of pyridine rings is 1. The number of amides is 1. The maximum absolute atomic E-state index is 12.2. The zero-order valence-electron chi connectivity index (χ0n) is 16.3. The van der Waals surface area contributed by atoms with Gasteiger partial charge in [-0.15, -0.1) is 0 Å². The summed E-state index contributed by atoms with van der Waals surface area (Å²) in [6.45, 7) is 8.33. The van der Waals surface area contributed by atoms with Gasteiger partial charge in [-0.05, 0) is 39.0 Å². The predicted octanol–water partition coefficient (Wildman–Crippen LogP) is 3.08. The van der Waals surface area contributed by atoms with Crippen molar-refractivity contribution < 1.29 is 9.53 Å². The molecule has 3 aromatic heterocycles. The van der Waals surface area contributed by atoms with Gasteiger partial charge < -0.3 is 19.5 Å². The molecule has 0 radical (unpaired) electrons. The van der Waals surface area contributed by atoms with Crippen molar-refractivity contribution >= 4 is 22.9 Å². The zero-order chi connectivity index (χ0) is 19.7. The lowest BCUT2D eigenvalue weighted by Gasteiger charge is -2.36. The number of hydrogen-bond acceptors (Lipinski definition) is 6. The number of nitrogens with zero attached hydrogens (tertiary/aromatic N) is 5. The summed E-state index contributed by atoms with van der Waals surface area (Å²) < 4.78 is 5.45. The summed E-state index contributed by atoms with van der Waals surface area (Å²) in [5.41, 5.74) is 2.15. The van der Waals surface area contributed by atoms with Crippen LogP contribution in [0.5, 0.6) is 0 Å². The van der Waals surface area contributed by atoms with Crippen molar-refractivity contribution in [1.29, 1.82) is 0 Å². The number of piperazine rings is 1. The van der Waals surface area contributed by atoms with Crippen LogP contribution in [0.4, 0.5) is 10.6 Å². The molecule has 0 aromatic carbocycles. The number of aromatic amines is 1. The molecule has 4 heterocycles. The highest BCUT2D eigenvalue weighted by Gasteiger charge is 2.26. The molecule has 8 nitrogen and oxygen atoms in total. The van der Waals surface area contributed by atoms with Crippen molar-refractivity contribution in [1.82, 2.24) is 24.8 Å². The molecule has 1 fully saturated rings. The Bertz CT molecular complexity index is 968. The fourth-order valence-electron chi connectivity index (χ4n) is 3.26. The number of anilines is 1. The topological polar surface area (TPSA) is 87.2 Å². The van der Waals surface area contributed by atoms with Crippen LogP contribution in [-0.4, -0.2) is 62.7 Å². The van der Waals surface area contributed by atoms with Crippen LogP contribution >= 0.6 is 0 Å².